The van der Waals surface area contributed by atoms with Crippen LogP contribution in [0.5, 0.6) is 5.75 Å². The lowest BCUT2D eigenvalue weighted by Gasteiger charge is -2.10. The zero-order valence-corrected chi connectivity index (χ0v) is 12.8. The van der Waals surface area contributed by atoms with Gasteiger partial charge in [-0.25, -0.2) is 0 Å². The van der Waals surface area contributed by atoms with Gasteiger partial charge in [0.25, 0.3) is 0 Å². The van der Waals surface area contributed by atoms with Gasteiger partial charge in [0.1, 0.15) is 5.75 Å². The van der Waals surface area contributed by atoms with Gasteiger partial charge in [0, 0.05) is 20.6 Å². The quantitative estimate of drug-likeness (QED) is 0.494. The molecule has 0 fully saturated rings. The van der Waals surface area contributed by atoms with Gasteiger partial charge < -0.3 is 15.4 Å². The summed E-state index contributed by atoms with van der Waals surface area (Å²) in [5.41, 5.74) is 1.20. The molecule has 1 aromatic carbocycles. The number of methoxy groups -OCH3 is 1. The largest absolute Gasteiger partial charge is 0.496 e. The Hall–Kier alpha value is -0.980. The van der Waals surface area contributed by atoms with Crippen LogP contribution in [-0.4, -0.2) is 33.7 Å². The maximum Gasteiger partial charge on any atom is 0.190 e. The molecule has 1 aromatic rings. The van der Waals surface area contributed by atoms with Gasteiger partial charge >= 0.3 is 0 Å². The van der Waals surface area contributed by atoms with E-state index in [1.807, 2.05) is 25.2 Å². The molecule has 0 aliphatic heterocycles. The van der Waals surface area contributed by atoms with Crippen molar-refractivity contribution in [2.45, 2.75) is 6.42 Å². The van der Waals surface area contributed by atoms with Crippen molar-refractivity contribution >= 4 is 29.9 Å². The lowest BCUT2D eigenvalue weighted by Crippen LogP contribution is -2.35. The summed E-state index contributed by atoms with van der Waals surface area (Å²) in [6.45, 7) is 0.827. The second-order valence-electron chi connectivity index (χ2n) is 3.31. The lowest BCUT2D eigenvalue weighted by atomic mass is 10.1. The molecular formula is C12H20IN3O. The Labute approximate surface area is 120 Å². The van der Waals surface area contributed by atoms with Crippen molar-refractivity contribution in [2.75, 3.05) is 27.7 Å². The first kappa shape index (κ1) is 16.0. The Bertz CT molecular complexity index is 355. The molecule has 0 heterocycles. The van der Waals surface area contributed by atoms with Gasteiger partial charge in [-0.3, -0.25) is 4.99 Å². The van der Waals surface area contributed by atoms with Gasteiger partial charge in [-0.15, -0.1) is 24.0 Å². The summed E-state index contributed by atoms with van der Waals surface area (Å²) < 4.78 is 5.28. The summed E-state index contributed by atoms with van der Waals surface area (Å²) in [5, 5.41) is 6.18. The van der Waals surface area contributed by atoms with E-state index in [1.165, 1.54) is 5.56 Å². The van der Waals surface area contributed by atoms with Gasteiger partial charge in [-0.1, -0.05) is 18.2 Å². The smallest absolute Gasteiger partial charge is 0.190 e. The SMILES string of the molecule is CN=C(NC)NCCc1ccccc1OC.I. The molecule has 2 N–H and O–H groups in total. The summed E-state index contributed by atoms with van der Waals surface area (Å²) in [5.74, 6) is 1.73. The van der Waals surface area contributed by atoms with Crippen LogP contribution in [0.25, 0.3) is 0 Å². The van der Waals surface area contributed by atoms with Crippen LogP contribution < -0.4 is 15.4 Å². The number of para-hydroxylation sites is 1. The number of hydrogen-bond donors (Lipinski definition) is 2. The molecule has 0 radical (unpaired) electrons. The molecule has 17 heavy (non-hydrogen) atoms. The third kappa shape index (κ3) is 5.25. The van der Waals surface area contributed by atoms with Crippen LogP contribution in [0, 0.1) is 0 Å². The number of halogens is 1. The molecule has 0 amide bonds. The summed E-state index contributed by atoms with van der Waals surface area (Å²) >= 11 is 0. The van der Waals surface area contributed by atoms with Gasteiger partial charge in [-0.05, 0) is 18.1 Å². The monoisotopic (exact) mass is 349 g/mol. The van der Waals surface area contributed by atoms with Crippen LogP contribution in [0.2, 0.25) is 0 Å². The molecule has 0 aliphatic rings. The number of aliphatic imine (C=N–C) groups is 1. The number of nitrogens with zero attached hydrogens (tertiary/aromatic N) is 1. The van der Waals surface area contributed by atoms with Crippen molar-refractivity contribution in [3.05, 3.63) is 29.8 Å². The van der Waals surface area contributed by atoms with E-state index in [2.05, 4.69) is 21.7 Å². The van der Waals surface area contributed by atoms with Crippen molar-refractivity contribution in [1.82, 2.24) is 10.6 Å². The second kappa shape index (κ2) is 9.09. The van der Waals surface area contributed by atoms with Gasteiger partial charge in [-0.2, -0.15) is 0 Å². The van der Waals surface area contributed by atoms with Crippen LogP contribution in [0.4, 0.5) is 0 Å². The third-order valence-electron chi connectivity index (χ3n) is 2.34. The van der Waals surface area contributed by atoms with E-state index in [1.54, 1.807) is 14.2 Å². The number of ether oxygens (including phenoxy) is 1. The molecule has 0 bridgehead atoms. The summed E-state index contributed by atoms with van der Waals surface area (Å²) in [6, 6.07) is 8.04. The Morgan fingerprint density at radius 1 is 1.35 bits per heavy atom. The molecule has 0 saturated carbocycles. The predicted molar refractivity (Wildman–Crippen MR) is 82.5 cm³/mol. The molecule has 0 atom stereocenters. The van der Waals surface area contributed by atoms with Crippen molar-refractivity contribution in [3.63, 3.8) is 0 Å². The van der Waals surface area contributed by atoms with Crippen LogP contribution in [0.15, 0.2) is 29.3 Å². The van der Waals surface area contributed by atoms with E-state index in [0.29, 0.717) is 0 Å². The Kier molecular flexibility index (Phi) is 8.57. The first-order valence-electron chi connectivity index (χ1n) is 5.32. The number of guanidine groups is 1. The average Bonchev–Trinajstić information content (AvgIpc) is 2.35. The van der Waals surface area contributed by atoms with Crippen molar-refractivity contribution in [3.8, 4) is 5.75 Å². The van der Waals surface area contributed by atoms with Crippen LogP contribution in [0.1, 0.15) is 5.56 Å². The minimum absolute atomic E-state index is 0. The number of nitrogens with one attached hydrogen (secondary N) is 2. The zero-order valence-electron chi connectivity index (χ0n) is 10.5. The molecule has 1 rings (SSSR count). The van der Waals surface area contributed by atoms with E-state index >= 15 is 0 Å². The van der Waals surface area contributed by atoms with Crippen LogP contribution >= 0.6 is 24.0 Å². The molecular weight excluding hydrogens is 329 g/mol. The van der Waals surface area contributed by atoms with E-state index in [0.717, 1.165) is 24.7 Å². The van der Waals surface area contributed by atoms with Crippen molar-refractivity contribution in [2.24, 2.45) is 4.99 Å². The normalized spacial score (nSPS) is 10.4. The predicted octanol–water partition coefficient (Wildman–Crippen LogP) is 1.65. The van der Waals surface area contributed by atoms with Gasteiger partial charge in [0.15, 0.2) is 5.96 Å². The number of benzene rings is 1. The summed E-state index contributed by atoms with van der Waals surface area (Å²) in [6.07, 6.45) is 0.907. The highest BCUT2D eigenvalue weighted by molar-refractivity contribution is 14.0. The van der Waals surface area contributed by atoms with Crippen LogP contribution in [-0.2, 0) is 6.42 Å². The molecule has 0 aromatic heterocycles. The molecule has 5 heteroatoms. The van der Waals surface area contributed by atoms with Crippen molar-refractivity contribution in [1.29, 1.82) is 0 Å². The van der Waals surface area contributed by atoms with E-state index in [-0.39, 0.29) is 24.0 Å². The van der Waals surface area contributed by atoms with Crippen LogP contribution in [0.3, 0.4) is 0 Å². The number of rotatable bonds is 4. The summed E-state index contributed by atoms with van der Waals surface area (Å²) in [4.78, 5) is 4.04. The molecule has 96 valence electrons. The average molecular weight is 349 g/mol. The minimum atomic E-state index is 0. The Morgan fingerprint density at radius 3 is 2.65 bits per heavy atom. The first-order valence-corrected chi connectivity index (χ1v) is 5.32. The van der Waals surface area contributed by atoms with Gasteiger partial charge in [0.05, 0.1) is 7.11 Å². The first-order chi connectivity index (χ1) is 7.81. The van der Waals surface area contributed by atoms with E-state index in [4.69, 9.17) is 4.74 Å². The summed E-state index contributed by atoms with van der Waals surface area (Å²) in [7, 11) is 5.29. The minimum Gasteiger partial charge on any atom is -0.496 e. The maximum absolute atomic E-state index is 5.28. The topological polar surface area (TPSA) is 45.7 Å². The standard InChI is InChI=1S/C12H19N3O.HI/c1-13-12(14-2)15-9-8-10-6-4-5-7-11(10)16-3;/h4-7H,8-9H2,1-3H3,(H2,13,14,15);1H. The molecule has 0 spiro atoms. The fraction of sp³-hybridized carbons (Fsp3) is 0.417. The molecule has 0 unspecified atom stereocenters. The fourth-order valence-corrected chi connectivity index (χ4v) is 1.50. The highest BCUT2D eigenvalue weighted by atomic mass is 127. The Morgan fingerprint density at radius 2 is 2.06 bits per heavy atom. The molecule has 0 aliphatic carbocycles. The fourth-order valence-electron chi connectivity index (χ4n) is 1.50. The van der Waals surface area contributed by atoms with E-state index < -0.39 is 0 Å². The zero-order chi connectivity index (χ0) is 11.8. The highest BCUT2D eigenvalue weighted by Crippen LogP contribution is 2.16. The number of hydrogen-bond acceptors (Lipinski definition) is 2. The van der Waals surface area contributed by atoms with E-state index in [9.17, 15) is 0 Å². The third-order valence-corrected chi connectivity index (χ3v) is 2.34. The second-order valence-corrected chi connectivity index (χ2v) is 3.31. The lowest BCUT2D eigenvalue weighted by molar-refractivity contribution is 0.409. The maximum atomic E-state index is 5.28. The molecule has 0 saturated heterocycles. The van der Waals surface area contributed by atoms with Gasteiger partial charge in [0.2, 0.25) is 0 Å². The Balaban J connectivity index is 0.00000256. The highest BCUT2D eigenvalue weighted by Gasteiger charge is 2.01. The molecule has 4 nitrogen and oxygen atoms in total. The van der Waals surface area contributed by atoms with Crippen molar-refractivity contribution < 1.29 is 4.74 Å².